The molecule has 0 heterocycles. The van der Waals surface area contributed by atoms with Gasteiger partial charge in [0.15, 0.2) is 0 Å². The molecule has 0 bridgehead atoms. The van der Waals surface area contributed by atoms with E-state index in [0.29, 0.717) is 6.54 Å². The van der Waals surface area contributed by atoms with Crippen LogP contribution in [-0.2, 0) is 12.8 Å². The van der Waals surface area contributed by atoms with E-state index in [1.165, 1.54) is 18.4 Å². The third kappa shape index (κ3) is 6.33. The monoisotopic (exact) mass is 330 g/mol. The summed E-state index contributed by atoms with van der Waals surface area (Å²) >= 11 is 5.85. The highest BCUT2D eigenvalue weighted by atomic mass is 35.5. The fourth-order valence-corrected chi connectivity index (χ4v) is 2.41. The molecule has 0 atom stereocenters. The molecule has 0 saturated heterocycles. The zero-order chi connectivity index (χ0) is 16.5. The van der Waals surface area contributed by atoms with Crippen molar-refractivity contribution in [2.75, 3.05) is 11.9 Å². The molecule has 0 aliphatic heterocycles. The van der Waals surface area contributed by atoms with E-state index in [9.17, 15) is 4.79 Å². The van der Waals surface area contributed by atoms with E-state index >= 15 is 0 Å². The van der Waals surface area contributed by atoms with Gasteiger partial charge in [-0.3, -0.25) is 0 Å². The predicted octanol–water partition coefficient (Wildman–Crippen LogP) is 5.05. The van der Waals surface area contributed by atoms with Crippen molar-refractivity contribution in [1.29, 1.82) is 0 Å². The summed E-state index contributed by atoms with van der Waals surface area (Å²) in [5.74, 6) is 0. The van der Waals surface area contributed by atoms with Crippen LogP contribution < -0.4 is 10.6 Å². The average Bonchev–Trinajstić information content (AvgIpc) is 2.56. The maximum atomic E-state index is 11.9. The van der Waals surface area contributed by atoms with Crippen LogP contribution in [0.2, 0.25) is 5.02 Å². The number of hydrogen-bond acceptors (Lipinski definition) is 1. The van der Waals surface area contributed by atoms with Crippen LogP contribution >= 0.6 is 11.6 Å². The number of aryl methyl sites for hydroxylation is 1. The van der Waals surface area contributed by atoms with Crippen molar-refractivity contribution in [3.05, 3.63) is 64.7 Å². The minimum absolute atomic E-state index is 0.180. The molecule has 23 heavy (non-hydrogen) atoms. The van der Waals surface area contributed by atoms with Crippen LogP contribution in [0.25, 0.3) is 0 Å². The highest BCUT2D eigenvalue weighted by Gasteiger charge is 2.02. The number of benzene rings is 2. The number of hydrogen-bond donors (Lipinski definition) is 2. The van der Waals surface area contributed by atoms with Gasteiger partial charge in [0.25, 0.3) is 0 Å². The van der Waals surface area contributed by atoms with Crippen LogP contribution in [0.5, 0.6) is 0 Å². The molecule has 2 aromatic carbocycles. The largest absolute Gasteiger partial charge is 0.338 e. The van der Waals surface area contributed by atoms with E-state index in [2.05, 4.69) is 29.7 Å². The molecule has 2 N–H and O–H groups in total. The van der Waals surface area contributed by atoms with Crippen molar-refractivity contribution in [3.63, 3.8) is 0 Å². The maximum absolute atomic E-state index is 11.9. The smallest absolute Gasteiger partial charge is 0.319 e. The molecule has 122 valence electrons. The van der Waals surface area contributed by atoms with Crippen molar-refractivity contribution in [2.24, 2.45) is 0 Å². The quantitative estimate of drug-likeness (QED) is 0.733. The summed E-state index contributed by atoms with van der Waals surface area (Å²) in [4.78, 5) is 11.9. The summed E-state index contributed by atoms with van der Waals surface area (Å²) in [6.07, 6.45) is 4.25. The average molecular weight is 331 g/mol. The second kappa shape index (κ2) is 9.21. The van der Waals surface area contributed by atoms with Gasteiger partial charge in [0, 0.05) is 17.3 Å². The van der Waals surface area contributed by atoms with Gasteiger partial charge in [-0.2, -0.15) is 0 Å². The molecule has 0 aromatic heterocycles. The summed E-state index contributed by atoms with van der Waals surface area (Å²) < 4.78 is 0. The second-order valence-corrected chi connectivity index (χ2v) is 5.99. The Morgan fingerprint density at radius 3 is 2.22 bits per heavy atom. The number of carbonyl (C=O) groups excluding carboxylic acids is 1. The first-order chi connectivity index (χ1) is 11.2. The molecule has 0 radical (unpaired) electrons. The van der Waals surface area contributed by atoms with Gasteiger partial charge >= 0.3 is 6.03 Å². The minimum Gasteiger partial charge on any atom is -0.338 e. The summed E-state index contributed by atoms with van der Waals surface area (Å²) in [6.45, 7) is 2.77. The van der Waals surface area contributed by atoms with Crippen molar-refractivity contribution >= 4 is 23.3 Å². The minimum atomic E-state index is -0.180. The molecule has 0 saturated carbocycles. The molecule has 4 heteroatoms. The molecule has 2 rings (SSSR count). The zero-order valence-electron chi connectivity index (χ0n) is 13.4. The molecule has 0 aliphatic carbocycles. The van der Waals surface area contributed by atoms with E-state index < -0.39 is 0 Å². The molecule has 0 aliphatic rings. The van der Waals surface area contributed by atoms with Crippen molar-refractivity contribution < 1.29 is 4.79 Å². The first-order valence-electron chi connectivity index (χ1n) is 8.05. The summed E-state index contributed by atoms with van der Waals surface area (Å²) in [7, 11) is 0. The Morgan fingerprint density at radius 2 is 1.57 bits per heavy atom. The van der Waals surface area contributed by atoms with E-state index in [4.69, 9.17) is 11.6 Å². The normalized spacial score (nSPS) is 10.3. The summed E-state index contributed by atoms with van der Waals surface area (Å²) in [6, 6.07) is 15.5. The molecule has 3 nitrogen and oxygen atoms in total. The van der Waals surface area contributed by atoms with Gasteiger partial charge in [-0.25, -0.2) is 4.79 Å². The molecule has 2 amide bonds. The predicted molar refractivity (Wildman–Crippen MR) is 97.2 cm³/mol. The Kier molecular flexibility index (Phi) is 6.95. The van der Waals surface area contributed by atoms with Gasteiger partial charge in [-0.05, 0) is 54.7 Å². The van der Waals surface area contributed by atoms with Crippen LogP contribution in [0.1, 0.15) is 30.9 Å². The number of urea groups is 1. The highest BCUT2D eigenvalue weighted by Crippen LogP contribution is 2.12. The van der Waals surface area contributed by atoms with Crippen LogP contribution in [-0.4, -0.2) is 12.6 Å². The number of unbranched alkanes of at least 4 members (excludes halogenated alkanes) is 1. The standard InChI is InChI=1S/C19H23ClN2O/c1-2-3-4-15-7-11-18(12-8-15)22-19(23)21-14-13-16-5-9-17(20)10-6-16/h5-12H,2-4,13-14H2,1H3,(H2,21,22,23). The van der Waals surface area contributed by atoms with Crippen LogP contribution in [0.3, 0.4) is 0 Å². The molecule has 0 fully saturated rings. The number of nitrogens with one attached hydrogen (secondary N) is 2. The van der Waals surface area contributed by atoms with Crippen LogP contribution in [0.15, 0.2) is 48.5 Å². The SMILES string of the molecule is CCCCc1ccc(NC(=O)NCCc2ccc(Cl)cc2)cc1. The molecule has 0 unspecified atom stereocenters. The molecular formula is C19H23ClN2O. The van der Waals surface area contributed by atoms with Gasteiger partial charge in [-0.1, -0.05) is 49.2 Å². The van der Waals surface area contributed by atoms with Gasteiger partial charge in [0.05, 0.1) is 0 Å². The second-order valence-electron chi connectivity index (χ2n) is 5.56. The lowest BCUT2D eigenvalue weighted by Gasteiger charge is -2.08. The van der Waals surface area contributed by atoms with Crippen LogP contribution in [0.4, 0.5) is 10.5 Å². The lowest BCUT2D eigenvalue weighted by atomic mass is 10.1. The molecule has 0 spiro atoms. The third-order valence-corrected chi connectivity index (χ3v) is 3.90. The van der Waals surface area contributed by atoms with Crippen molar-refractivity contribution in [2.45, 2.75) is 32.6 Å². The van der Waals surface area contributed by atoms with Gasteiger partial charge in [0.2, 0.25) is 0 Å². The Labute approximate surface area is 143 Å². The maximum Gasteiger partial charge on any atom is 0.319 e. The number of halogens is 1. The van der Waals surface area contributed by atoms with Gasteiger partial charge in [0.1, 0.15) is 0 Å². The fourth-order valence-electron chi connectivity index (χ4n) is 2.28. The topological polar surface area (TPSA) is 41.1 Å². The van der Waals surface area contributed by atoms with Crippen molar-refractivity contribution in [1.82, 2.24) is 5.32 Å². The van der Waals surface area contributed by atoms with E-state index in [1.807, 2.05) is 36.4 Å². The first kappa shape index (κ1) is 17.4. The van der Waals surface area contributed by atoms with Gasteiger partial charge in [-0.15, -0.1) is 0 Å². The summed E-state index contributed by atoms with van der Waals surface area (Å²) in [5.41, 5.74) is 3.27. The van der Waals surface area contributed by atoms with E-state index in [-0.39, 0.29) is 6.03 Å². The highest BCUT2D eigenvalue weighted by molar-refractivity contribution is 6.30. The Morgan fingerprint density at radius 1 is 0.957 bits per heavy atom. The van der Waals surface area contributed by atoms with Crippen LogP contribution in [0, 0.1) is 0 Å². The van der Waals surface area contributed by atoms with E-state index in [0.717, 1.165) is 29.1 Å². The Bertz CT molecular complexity index is 608. The Hall–Kier alpha value is -2.00. The number of anilines is 1. The number of carbonyl (C=O) groups is 1. The zero-order valence-corrected chi connectivity index (χ0v) is 14.2. The molecule has 2 aromatic rings. The lowest BCUT2D eigenvalue weighted by Crippen LogP contribution is -2.30. The molecular weight excluding hydrogens is 308 g/mol. The van der Waals surface area contributed by atoms with Crippen molar-refractivity contribution in [3.8, 4) is 0 Å². The lowest BCUT2D eigenvalue weighted by molar-refractivity contribution is 0.252. The first-order valence-corrected chi connectivity index (χ1v) is 8.43. The Balaban J connectivity index is 1.72. The fraction of sp³-hybridized carbons (Fsp3) is 0.316. The summed E-state index contributed by atoms with van der Waals surface area (Å²) in [5, 5.41) is 6.43. The van der Waals surface area contributed by atoms with E-state index in [1.54, 1.807) is 0 Å². The third-order valence-electron chi connectivity index (χ3n) is 3.64. The number of amides is 2. The van der Waals surface area contributed by atoms with Gasteiger partial charge < -0.3 is 10.6 Å². The number of rotatable bonds is 7.